The summed E-state index contributed by atoms with van der Waals surface area (Å²) in [7, 11) is -1.73. The molecule has 0 aliphatic rings. The standard InChI is InChI=1S/C14H19N3O3S2/c1-10-6-7-12(17(10)3)9-15-14(18)11(2)16-22(19,20)13-5-4-8-21-13/h4-8,11,16H,9H2,1-3H3,(H,15,18). The largest absolute Gasteiger partial charge is 0.350 e. The van der Waals surface area contributed by atoms with E-state index in [2.05, 4.69) is 10.0 Å². The molecule has 22 heavy (non-hydrogen) atoms. The fraction of sp³-hybridized carbons (Fsp3) is 0.357. The Bertz CT molecular complexity index is 748. The summed E-state index contributed by atoms with van der Waals surface area (Å²) in [5.41, 5.74) is 2.05. The van der Waals surface area contributed by atoms with Crippen LogP contribution in [0.15, 0.2) is 33.9 Å². The van der Waals surface area contributed by atoms with Gasteiger partial charge in [-0.3, -0.25) is 4.79 Å². The van der Waals surface area contributed by atoms with Crippen molar-refractivity contribution in [2.75, 3.05) is 0 Å². The van der Waals surface area contributed by atoms with Gasteiger partial charge >= 0.3 is 0 Å². The molecule has 0 radical (unpaired) electrons. The summed E-state index contributed by atoms with van der Waals surface area (Å²) in [4.78, 5) is 12.0. The monoisotopic (exact) mass is 341 g/mol. The summed E-state index contributed by atoms with van der Waals surface area (Å²) in [6, 6.07) is 6.21. The van der Waals surface area contributed by atoms with E-state index in [1.54, 1.807) is 11.4 Å². The minimum absolute atomic E-state index is 0.199. The predicted molar refractivity (Wildman–Crippen MR) is 86.1 cm³/mol. The van der Waals surface area contributed by atoms with E-state index >= 15 is 0 Å². The van der Waals surface area contributed by atoms with Crippen LogP contribution in [0.25, 0.3) is 0 Å². The quantitative estimate of drug-likeness (QED) is 0.833. The highest BCUT2D eigenvalue weighted by Gasteiger charge is 2.22. The zero-order chi connectivity index (χ0) is 16.3. The SMILES string of the molecule is Cc1ccc(CNC(=O)C(C)NS(=O)(=O)c2cccs2)n1C. The molecule has 1 amide bonds. The van der Waals surface area contributed by atoms with Gasteiger partial charge in [0.2, 0.25) is 5.91 Å². The third-order valence-corrected chi connectivity index (χ3v) is 6.34. The first-order valence-electron chi connectivity index (χ1n) is 6.76. The lowest BCUT2D eigenvalue weighted by molar-refractivity contribution is -0.122. The van der Waals surface area contributed by atoms with E-state index in [1.807, 2.05) is 30.7 Å². The number of hydrogen-bond donors (Lipinski definition) is 2. The van der Waals surface area contributed by atoms with Gasteiger partial charge in [0.05, 0.1) is 12.6 Å². The van der Waals surface area contributed by atoms with Crippen LogP contribution in [0, 0.1) is 6.92 Å². The molecule has 6 nitrogen and oxygen atoms in total. The van der Waals surface area contributed by atoms with Crippen LogP contribution in [0.2, 0.25) is 0 Å². The Balaban J connectivity index is 1.94. The van der Waals surface area contributed by atoms with Crippen molar-refractivity contribution in [1.29, 1.82) is 0 Å². The number of aromatic nitrogens is 1. The Kier molecular flexibility index (Phi) is 5.05. The minimum Gasteiger partial charge on any atom is -0.350 e. The lowest BCUT2D eigenvalue weighted by Gasteiger charge is -2.14. The Morgan fingerprint density at radius 3 is 2.64 bits per heavy atom. The van der Waals surface area contributed by atoms with Gasteiger partial charge in [-0.05, 0) is 37.4 Å². The van der Waals surface area contributed by atoms with Crippen molar-refractivity contribution in [3.63, 3.8) is 0 Å². The highest BCUT2D eigenvalue weighted by molar-refractivity contribution is 7.91. The Morgan fingerprint density at radius 2 is 2.09 bits per heavy atom. The number of carbonyl (C=O) groups excluding carboxylic acids is 1. The van der Waals surface area contributed by atoms with Gasteiger partial charge in [0.15, 0.2) is 0 Å². The topological polar surface area (TPSA) is 80.2 Å². The average Bonchev–Trinajstić information content (AvgIpc) is 3.09. The van der Waals surface area contributed by atoms with Gasteiger partial charge in [-0.2, -0.15) is 4.72 Å². The normalized spacial score (nSPS) is 13.0. The molecular formula is C14H19N3O3S2. The Labute approximate surface area is 134 Å². The van der Waals surface area contributed by atoms with Crippen molar-refractivity contribution < 1.29 is 13.2 Å². The molecule has 0 saturated carbocycles. The van der Waals surface area contributed by atoms with Crippen LogP contribution in [0.1, 0.15) is 18.3 Å². The summed E-state index contributed by atoms with van der Waals surface area (Å²) < 4.78 is 28.7. The summed E-state index contributed by atoms with van der Waals surface area (Å²) >= 11 is 1.11. The molecule has 1 atom stereocenters. The molecule has 2 rings (SSSR count). The van der Waals surface area contributed by atoms with Crippen LogP contribution in [-0.4, -0.2) is 24.9 Å². The fourth-order valence-corrected chi connectivity index (χ4v) is 4.15. The number of thiophene rings is 1. The van der Waals surface area contributed by atoms with Crippen LogP contribution in [0.5, 0.6) is 0 Å². The third-order valence-electron chi connectivity index (χ3n) is 3.41. The molecule has 2 N–H and O–H groups in total. The number of carbonyl (C=O) groups is 1. The Hall–Kier alpha value is -1.64. The van der Waals surface area contributed by atoms with Gasteiger partial charge in [-0.15, -0.1) is 11.3 Å². The number of hydrogen-bond acceptors (Lipinski definition) is 4. The molecule has 2 heterocycles. The van der Waals surface area contributed by atoms with Gasteiger partial charge in [0.25, 0.3) is 10.0 Å². The maximum Gasteiger partial charge on any atom is 0.250 e. The summed E-state index contributed by atoms with van der Waals surface area (Å²) in [5, 5.41) is 4.42. The molecule has 0 aromatic carbocycles. The van der Waals surface area contributed by atoms with Gasteiger partial charge in [-0.25, -0.2) is 8.42 Å². The van der Waals surface area contributed by atoms with Gasteiger partial charge < -0.3 is 9.88 Å². The second kappa shape index (κ2) is 6.64. The highest BCUT2D eigenvalue weighted by atomic mass is 32.2. The molecular weight excluding hydrogens is 322 g/mol. The molecule has 8 heteroatoms. The minimum atomic E-state index is -3.65. The van der Waals surface area contributed by atoms with Crippen molar-refractivity contribution in [3.05, 3.63) is 41.0 Å². The zero-order valence-electron chi connectivity index (χ0n) is 12.7. The molecule has 0 aliphatic heterocycles. The molecule has 0 spiro atoms. The lowest BCUT2D eigenvalue weighted by Crippen LogP contribution is -2.44. The van der Waals surface area contributed by atoms with E-state index in [9.17, 15) is 13.2 Å². The van der Waals surface area contributed by atoms with Crippen LogP contribution in [-0.2, 0) is 28.4 Å². The number of nitrogens with zero attached hydrogens (tertiary/aromatic N) is 1. The van der Waals surface area contributed by atoms with E-state index in [4.69, 9.17) is 0 Å². The van der Waals surface area contributed by atoms with E-state index in [0.29, 0.717) is 6.54 Å². The van der Waals surface area contributed by atoms with Crippen molar-refractivity contribution in [2.45, 2.75) is 30.6 Å². The van der Waals surface area contributed by atoms with Crippen molar-refractivity contribution in [3.8, 4) is 0 Å². The number of sulfonamides is 1. The van der Waals surface area contributed by atoms with Crippen molar-refractivity contribution >= 4 is 27.3 Å². The first-order chi connectivity index (χ1) is 10.3. The average molecular weight is 341 g/mol. The Morgan fingerprint density at radius 1 is 1.36 bits per heavy atom. The van der Waals surface area contributed by atoms with Gasteiger partial charge in [-0.1, -0.05) is 6.07 Å². The first-order valence-corrected chi connectivity index (χ1v) is 9.12. The first kappa shape index (κ1) is 16.7. The second-order valence-corrected chi connectivity index (χ2v) is 7.91. The highest BCUT2D eigenvalue weighted by Crippen LogP contribution is 2.15. The molecule has 0 fully saturated rings. The van der Waals surface area contributed by atoms with E-state index < -0.39 is 16.1 Å². The molecule has 2 aromatic rings. The molecule has 120 valence electrons. The number of rotatable bonds is 6. The molecule has 0 saturated heterocycles. The molecule has 0 bridgehead atoms. The van der Waals surface area contributed by atoms with Crippen molar-refractivity contribution in [1.82, 2.24) is 14.6 Å². The third kappa shape index (κ3) is 3.76. The zero-order valence-corrected chi connectivity index (χ0v) is 14.3. The van der Waals surface area contributed by atoms with Gasteiger partial charge in [0, 0.05) is 18.4 Å². The smallest absolute Gasteiger partial charge is 0.250 e. The molecule has 2 aromatic heterocycles. The summed E-state index contributed by atoms with van der Waals surface area (Å²) in [6.45, 7) is 3.86. The maximum absolute atomic E-state index is 12.1. The molecule has 0 aliphatic carbocycles. The van der Waals surface area contributed by atoms with Crippen molar-refractivity contribution in [2.24, 2.45) is 7.05 Å². The fourth-order valence-electron chi connectivity index (χ4n) is 1.94. The van der Waals surface area contributed by atoms with Crippen LogP contribution in [0.3, 0.4) is 0 Å². The lowest BCUT2D eigenvalue weighted by atomic mass is 10.3. The number of aryl methyl sites for hydroxylation is 1. The van der Waals surface area contributed by atoms with Crippen LogP contribution < -0.4 is 10.0 Å². The summed E-state index contributed by atoms with van der Waals surface area (Å²) in [5.74, 6) is -0.362. The van der Waals surface area contributed by atoms with E-state index in [-0.39, 0.29) is 10.1 Å². The number of amides is 1. The molecule has 1 unspecified atom stereocenters. The number of nitrogens with one attached hydrogen (secondary N) is 2. The predicted octanol–water partition coefficient (Wildman–Crippen LogP) is 1.38. The van der Waals surface area contributed by atoms with E-state index in [0.717, 1.165) is 22.7 Å². The summed E-state index contributed by atoms with van der Waals surface area (Å²) in [6.07, 6.45) is 0. The maximum atomic E-state index is 12.1. The van der Waals surface area contributed by atoms with E-state index in [1.165, 1.54) is 13.0 Å². The van der Waals surface area contributed by atoms with Crippen LogP contribution in [0.4, 0.5) is 0 Å². The second-order valence-electron chi connectivity index (χ2n) is 5.02. The van der Waals surface area contributed by atoms with Gasteiger partial charge in [0.1, 0.15) is 4.21 Å². The van der Waals surface area contributed by atoms with Crippen LogP contribution >= 0.6 is 11.3 Å².